The van der Waals surface area contributed by atoms with Crippen molar-refractivity contribution in [2.24, 2.45) is 0 Å². The molecule has 0 radical (unpaired) electrons. The number of carbonyl (C=O) groups excluding carboxylic acids is 2. The first kappa shape index (κ1) is 17.9. The molecule has 26 heavy (non-hydrogen) atoms. The smallest absolute Gasteiger partial charge is 0.339 e. The van der Waals surface area contributed by atoms with Gasteiger partial charge in [-0.1, -0.05) is 30.3 Å². The molecule has 6 heteroatoms. The molecule has 0 spiro atoms. The molecule has 0 aliphatic carbocycles. The standard InChI is InChI=1S/C20H21NO5/c1-24-17-9-7-16(8-10-17)20(23)26-18(15-5-3-2-4-6-15)19(22)21-11-13-25-14-12-21/h2-10,18H,11-14H2,1H3/t18-/m0/s1. The highest BCUT2D eigenvalue weighted by molar-refractivity contribution is 5.92. The van der Waals surface area contributed by atoms with Crippen LogP contribution < -0.4 is 4.74 Å². The van der Waals surface area contributed by atoms with Gasteiger partial charge in [0.05, 0.1) is 25.9 Å². The molecule has 2 aromatic carbocycles. The highest BCUT2D eigenvalue weighted by Crippen LogP contribution is 2.23. The molecular formula is C20H21NO5. The first-order valence-corrected chi connectivity index (χ1v) is 8.45. The van der Waals surface area contributed by atoms with Gasteiger partial charge in [0, 0.05) is 18.7 Å². The summed E-state index contributed by atoms with van der Waals surface area (Å²) in [4.78, 5) is 27.2. The molecule has 6 nitrogen and oxygen atoms in total. The molecule has 1 heterocycles. The Hall–Kier alpha value is -2.86. The minimum atomic E-state index is -0.982. The second-order valence-corrected chi connectivity index (χ2v) is 5.86. The average molecular weight is 355 g/mol. The normalized spacial score (nSPS) is 15.2. The zero-order valence-corrected chi connectivity index (χ0v) is 14.6. The summed E-state index contributed by atoms with van der Waals surface area (Å²) in [5.74, 6) is -0.143. The van der Waals surface area contributed by atoms with E-state index >= 15 is 0 Å². The van der Waals surface area contributed by atoms with Crippen molar-refractivity contribution >= 4 is 11.9 Å². The SMILES string of the molecule is COc1ccc(C(=O)O[C@H](C(=O)N2CCOCC2)c2ccccc2)cc1. The van der Waals surface area contributed by atoms with Crippen LogP contribution in [0.1, 0.15) is 22.0 Å². The number of carbonyl (C=O) groups is 2. The molecule has 3 rings (SSSR count). The van der Waals surface area contributed by atoms with Crippen LogP contribution in [0, 0.1) is 0 Å². The number of nitrogens with zero attached hydrogens (tertiary/aromatic N) is 1. The number of amides is 1. The van der Waals surface area contributed by atoms with Crippen molar-refractivity contribution in [2.45, 2.75) is 6.10 Å². The zero-order valence-electron chi connectivity index (χ0n) is 14.6. The number of hydrogen-bond acceptors (Lipinski definition) is 5. The van der Waals surface area contributed by atoms with Crippen LogP contribution in [0.5, 0.6) is 5.75 Å². The van der Waals surface area contributed by atoms with Gasteiger partial charge in [0.1, 0.15) is 5.75 Å². The summed E-state index contributed by atoms with van der Waals surface area (Å²) in [5, 5.41) is 0. The summed E-state index contributed by atoms with van der Waals surface area (Å²) >= 11 is 0. The second-order valence-electron chi connectivity index (χ2n) is 5.86. The third kappa shape index (κ3) is 4.21. The fraction of sp³-hybridized carbons (Fsp3) is 0.300. The minimum Gasteiger partial charge on any atom is -0.497 e. The van der Waals surface area contributed by atoms with Gasteiger partial charge in [-0.3, -0.25) is 4.79 Å². The molecule has 0 saturated carbocycles. The van der Waals surface area contributed by atoms with Crippen molar-refractivity contribution in [3.8, 4) is 5.75 Å². The highest BCUT2D eigenvalue weighted by atomic mass is 16.5. The summed E-state index contributed by atoms with van der Waals surface area (Å²) in [6.07, 6.45) is -0.982. The fourth-order valence-corrected chi connectivity index (χ4v) is 2.74. The van der Waals surface area contributed by atoms with E-state index in [1.165, 1.54) is 0 Å². The van der Waals surface area contributed by atoms with Crippen molar-refractivity contribution in [1.82, 2.24) is 4.90 Å². The van der Waals surface area contributed by atoms with E-state index in [1.54, 1.807) is 48.4 Å². The number of hydrogen-bond donors (Lipinski definition) is 0. The van der Waals surface area contributed by atoms with Crippen LogP contribution in [-0.4, -0.2) is 50.2 Å². The highest BCUT2D eigenvalue weighted by Gasteiger charge is 2.30. The molecule has 1 aliphatic heterocycles. The topological polar surface area (TPSA) is 65.1 Å². The lowest BCUT2D eigenvalue weighted by Gasteiger charge is -2.30. The molecule has 1 aliphatic rings. The third-order valence-corrected chi connectivity index (χ3v) is 4.20. The minimum absolute atomic E-state index is 0.235. The Bertz CT molecular complexity index is 739. The molecule has 2 aromatic rings. The van der Waals surface area contributed by atoms with Gasteiger partial charge in [0.15, 0.2) is 0 Å². The Kier molecular flexibility index (Phi) is 5.86. The molecule has 1 amide bonds. The summed E-state index contributed by atoms with van der Waals surface area (Å²) in [6, 6.07) is 15.6. The van der Waals surface area contributed by atoms with E-state index in [4.69, 9.17) is 14.2 Å². The Morgan fingerprint density at radius 1 is 1.00 bits per heavy atom. The van der Waals surface area contributed by atoms with Gasteiger partial charge in [0.2, 0.25) is 6.10 Å². The number of morpholine rings is 1. The quantitative estimate of drug-likeness (QED) is 0.771. The van der Waals surface area contributed by atoms with Crippen LogP contribution in [0.4, 0.5) is 0 Å². The largest absolute Gasteiger partial charge is 0.497 e. The Labute approximate surface area is 152 Å². The van der Waals surface area contributed by atoms with Crippen LogP contribution in [-0.2, 0) is 14.3 Å². The van der Waals surface area contributed by atoms with Gasteiger partial charge in [-0.2, -0.15) is 0 Å². The predicted molar refractivity (Wildman–Crippen MR) is 95.0 cm³/mol. The van der Waals surface area contributed by atoms with Crippen LogP contribution >= 0.6 is 0 Å². The van der Waals surface area contributed by atoms with Crippen molar-refractivity contribution in [3.63, 3.8) is 0 Å². The summed E-state index contributed by atoms with van der Waals surface area (Å²) in [7, 11) is 1.56. The Balaban J connectivity index is 1.80. The van der Waals surface area contributed by atoms with Gasteiger partial charge in [-0.15, -0.1) is 0 Å². The van der Waals surface area contributed by atoms with Gasteiger partial charge < -0.3 is 19.1 Å². The predicted octanol–water partition coefficient (Wildman–Crippen LogP) is 2.45. The maximum Gasteiger partial charge on any atom is 0.339 e. The number of ether oxygens (including phenoxy) is 3. The molecular weight excluding hydrogens is 334 g/mol. The van der Waals surface area contributed by atoms with E-state index in [0.717, 1.165) is 0 Å². The summed E-state index contributed by atoms with van der Waals surface area (Å²) in [6.45, 7) is 1.95. The van der Waals surface area contributed by atoms with Crippen molar-refractivity contribution in [2.75, 3.05) is 33.4 Å². The summed E-state index contributed by atoms with van der Waals surface area (Å²) < 4.78 is 16.0. The number of methoxy groups -OCH3 is 1. The molecule has 0 unspecified atom stereocenters. The number of rotatable bonds is 5. The van der Waals surface area contributed by atoms with Gasteiger partial charge >= 0.3 is 5.97 Å². The first-order valence-electron chi connectivity index (χ1n) is 8.45. The third-order valence-electron chi connectivity index (χ3n) is 4.20. The van der Waals surface area contributed by atoms with Crippen molar-refractivity contribution in [3.05, 3.63) is 65.7 Å². The van der Waals surface area contributed by atoms with Crippen LogP contribution in [0.25, 0.3) is 0 Å². The zero-order chi connectivity index (χ0) is 18.4. The van der Waals surface area contributed by atoms with E-state index in [9.17, 15) is 9.59 Å². The lowest BCUT2D eigenvalue weighted by atomic mass is 10.1. The van der Waals surface area contributed by atoms with Gasteiger partial charge in [-0.25, -0.2) is 4.79 Å². The maximum atomic E-state index is 12.9. The van der Waals surface area contributed by atoms with Crippen LogP contribution in [0.15, 0.2) is 54.6 Å². The second kappa shape index (κ2) is 8.49. The lowest BCUT2D eigenvalue weighted by molar-refractivity contribution is -0.145. The van der Waals surface area contributed by atoms with Crippen LogP contribution in [0.3, 0.4) is 0 Å². The molecule has 0 bridgehead atoms. The van der Waals surface area contributed by atoms with E-state index in [0.29, 0.717) is 43.2 Å². The Morgan fingerprint density at radius 2 is 1.65 bits per heavy atom. The monoisotopic (exact) mass is 355 g/mol. The van der Waals surface area contributed by atoms with Crippen molar-refractivity contribution < 1.29 is 23.8 Å². The van der Waals surface area contributed by atoms with Gasteiger partial charge in [-0.05, 0) is 24.3 Å². The first-order chi connectivity index (χ1) is 12.7. The van der Waals surface area contributed by atoms with E-state index in [2.05, 4.69) is 0 Å². The Morgan fingerprint density at radius 3 is 2.27 bits per heavy atom. The lowest BCUT2D eigenvalue weighted by Crippen LogP contribution is -2.44. The van der Waals surface area contributed by atoms with E-state index in [1.807, 2.05) is 18.2 Å². The number of esters is 1. The molecule has 0 aromatic heterocycles. The van der Waals surface area contributed by atoms with Gasteiger partial charge in [0.25, 0.3) is 5.91 Å². The van der Waals surface area contributed by atoms with Crippen LogP contribution in [0.2, 0.25) is 0 Å². The fourth-order valence-electron chi connectivity index (χ4n) is 2.74. The molecule has 1 atom stereocenters. The van der Waals surface area contributed by atoms with E-state index in [-0.39, 0.29) is 5.91 Å². The maximum absolute atomic E-state index is 12.9. The molecule has 1 fully saturated rings. The molecule has 1 saturated heterocycles. The average Bonchev–Trinajstić information content (AvgIpc) is 2.72. The number of benzene rings is 2. The molecule has 0 N–H and O–H groups in total. The molecule has 136 valence electrons. The van der Waals surface area contributed by atoms with E-state index < -0.39 is 12.1 Å². The van der Waals surface area contributed by atoms with Crippen molar-refractivity contribution in [1.29, 1.82) is 0 Å². The summed E-state index contributed by atoms with van der Waals surface area (Å²) in [5.41, 5.74) is 1.01.